The fraction of sp³-hybridized carbons (Fsp3) is 0.500. The Balaban J connectivity index is 2.00. The van der Waals surface area contributed by atoms with Gasteiger partial charge in [-0.1, -0.05) is 81.4 Å². The summed E-state index contributed by atoms with van der Waals surface area (Å²) in [7, 11) is -2.73. The van der Waals surface area contributed by atoms with E-state index in [-0.39, 0.29) is 23.8 Å². The highest BCUT2D eigenvalue weighted by atomic mass is 28.4. The van der Waals surface area contributed by atoms with Crippen molar-refractivity contribution in [1.29, 1.82) is 0 Å². The van der Waals surface area contributed by atoms with Gasteiger partial charge in [0.05, 0.1) is 18.8 Å². The van der Waals surface area contributed by atoms with Crippen molar-refractivity contribution in [3.63, 3.8) is 0 Å². The quantitative estimate of drug-likeness (QED) is 0.694. The molecule has 0 unspecified atom stereocenters. The summed E-state index contributed by atoms with van der Waals surface area (Å²) in [6.07, 6.45) is -0.00340. The van der Waals surface area contributed by atoms with Crippen LogP contribution in [0.1, 0.15) is 48.0 Å². The van der Waals surface area contributed by atoms with Crippen molar-refractivity contribution in [3.8, 4) is 0 Å². The smallest absolute Gasteiger partial charge is 0.410 e. The summed E-state index contributed by atoms with van der Waals surface area (Å²) in [5.41, 5.74) is -0.589. The molecule has 2 atom stereocenters. The van der Waals surface area contributed by atoms with Gasteiger partial charge in [-0.2, -0.15) is 0 Å². The van der Waals surface area contributed by atoms with Crippen LogP contribution in [0, 0.1) is 0 Å². The van der Waals surface area contributed by atoms with Gasteiger partial charge in [-0.05, 0) is 42.6 Å². The van der Waals surface area contributed by atoms with E-state index in [1.54, 1.807) is 4.90 Å². The van der Waals surface area contributed by atoms with Crippen molar-refractivity contribution in [2.24, 2.45) is 0 Å². The summed E-state index contributed by atoms with van der Waals surface area (Å²) in [5, 5.41) is 12.3. The lowest BCUT2D eigenvalue weighted by Crippen LogP contribution is -2.67. The molecule has 6 heteroatoms. The first kappa shape index (κ1) is 24.5. The number of benzene rings is 2. The second kappa shape index (κ2) is 9.38. The first-order valence-corrected chi connectivity index (χ1v) is 13.3. The van der Waals surface area contributed by atoms with Gasteiger partial charge in [0.15, 0.2) is 0 Å². The highest BCUT2D eigenvalue weighted by molar-refractivity contribution is 6.99. The molecule has 2 aromatic carbocycles. The van der Waals surface area contributed by atoms with Gasteiger partial charge < -0.3 is 19.2 Å². The van der Waals surface area contributed by atoms with Crippen LogP contribution in [0.15, 0.2) is 60.7 Å². The predicted octanol–water partition coefficient (Wildman–Crippen LogP) is 3.93. The number of ether oxygens (including phenoxy) is 1. The van der Waals surface area contributed by atoms with E-state index in [0.717, 1.165) is 0 Å². The van der Waals surface area contributed by atoms with E-state index in [9.17, 15) is 9.90 Å². The summed E-state index contributed by atoms with van der Waals surface area (Å²) >= 11 is 0. The highest BCUT2D eigenvalue weighted by Crippen LogP contribution is 2.39. The second-order valence-corrected chi connectivity index (χ2v) is 14.9. The SMILES string of the molecule is CC(C)(C)OC(=O)N1C[C@@H](O[Si](c2ccccc2)(c2ccccc2)C(C)(C)C)C[C@H]1CO. The summed E-state index contributed by atoms with van der Waals surface area (Å²) in [5.74, 6) is 0. The molecule has 1 N–H and O–H groups in total. The van der Waals surface area contributed by atoms with Crippen LogP contribution in [0.4, 0.5) is 4.79 Å². The fourth-order valence-corrected chi connectivity index (χ4v) is 9.30. The van der Waals surface area contributed by atoms with Crippen molar-refractivity contribution < 1.29 is 19.1 Å². The zero-order chi connectivity index (χ0) is 23.6. The van der Waals surface area contributed by atoms with Gasteiger partial charge in [0.25, 0.3) is 8.32 Å². The minimum absolute atomic E-state index is 0.111. The third kappa shape index (κ3) is 5.08. The lowest BCUT2D eigenvalue weighted by atomic mass is 10.2. The summed E-state index contributed by atoms with van der Waals surface area (Å²) < 4.78 is 12.8. The van der Waals surface area contributed by atoms with Gasteiger partial charge in [-0.15, -0.1) is 0 Å². The molecule has 1 aliphatic rings. The Hall–Kier alpha value is -2.15. The van der Waals surface area contributed by atoms with Crippen LogP contribution < -0.4 is 10.4 Å². The van der Waals surface area contributed by atoms with Crippen molar-refractivity contribution in [2.75, 3.05) is 13.2 Å². The molecular formula is C26H37NO4Si. The molecule has 1 saturated heterocycles. The molecule has 174 valence electrons. The Bertz CT molecular complexity index is 850. The number of hydrogen-bond donors (Lipinski definition) is 1. The van der Waals surface area contributed by atoms with Crippen LogP contribution in [0.5, 0.6) is 0 Å². The maximum atomic E-state index is 12.8. The van der Waals surface area contributed by atoms with Gasteiger partial charge in [-0.3, -0.25) is 0 Å². The van der Waals surface area contributed by atoms with Gasteiger partial charge in [0, 0.05) is 6.54 Å². The lowest BCUT2D eigenvalue weighted by Gasteiger charge is -2.44. The van der Waals surface area contributed by atoms with Crippen LogP contribution in [0.25, 0.3) is 0 Å². The maximum absolute atomic E-state index is 12.8. The zero-order valence-electron chi connectivity index (χ0n) is 20.2. The number of hydrogen-bond acceptors (Lipinski definition) is 4. The Morgan fingerprint density at radius 2 is 1.47 bits per heavy atom. The van der Waals surface area contributed by atoms with Crippen molar-refractivity contribution in [1.82, 2.24) is 4.90 Å². The molecule has 0 spiro atoms. The Morgan fingerprint density at radius 1 is 0.969 bits per heavy atom. The molecule has 1 aliphatic heterocycles. The molecule has 1 amide bonds. The first-order chi connectivity index (χ1) is 15.0. The van der Waals surface area contributed by atoms with E-state index in [4.69, 9.17) is 9.16 Å². The average molecular weight is 456 g/mol. The number of carbonyl (C=O) groups excluding carboxylic acids is 1. The number of carbonyl (C=O) groups is 1. The van der Waals surface area contributed by atoms with E-state index in [1.807, 2.05) is 32.9 Å². The Morgan fingerprint density at radius 3 is 1.88 bits per heavy atom. The molecule has 1 fully saturated rings. The number of aliphatic hydroxyl groups is 1. The van der Waals surface area contributed by atoms with Gasteiger partial charge in [0.1, 0.15) is 5.60 Å². The molecule has 0 aromatic heterocycles. The van der Waals surface area contributed by atoms with Gasteiger partial charge >= 0.3 is 6.09 Å². The first-order valence-electron chi connectivity index (χ1n) is 11.4. The van der Waals surface area contributed by atoms with Gasteiger partial charge in [-0.25, -0.2) is 4.79 Å². The van der Waals surface area contributed by atoms with Crippen LogP contribution in [-0.4, -0.2) is 55.3 Å². The van der Waals surface area contributed by atoms with E-state index in [1.165, 1.54) is 10.4 Å². The zero-order valence-corrected chi connectivity index (χ0v) is 21.2. The lowest BCUT2D eigenvalue weighted by molar-refractivity contribution is 0.0164. The van der Waals surface area contributed by atoms with E-state index >= 15 is 0 Å². The second-order valence-electron chi connectivity index (χ2n) is 10.6. The summed E-state index contributed by atoms with van der Waals surface area (Å²) in [6.45, 7) is 12.6. The Kier molecular flexibility index (Phi) is 7.17. The van der Waals surface area contributed by atoms with E-state index in [2.05, 4.69) is 69.3 Å². The minimum Gasteiger partial charge on any atom is -0.444 e. The van der Waals surface area contributed by atoms with Crippen LogP contribution in [-0.2, 0) is 9.16 Å². The van der Waals surface area contributed by atoms with E-state index in [0.29, 0.717) is 13.0 Å². The largest absolute Gasteiger partial charge is 0.444 e. The van der Waals surface area contributed by atoms with Gasteiger partial charge in [0.2, 0.25) is 0 Å². The monoisotopic (exact) mass is 455 g/mol. The van der Waals surface area contributed by atoms with E-state index < -0.39 is 20.0 Å². The molecule has 3 rings (SSSR count). The molecule has 0 aliphatic carbocycles. The van der Waals surface area contributed by atoms with Crippen molar-refractivity contribution >= 4 is 24.8 Å². The molecule has 32 heavy (non-hydrogen) atoms. The third-order valence-electron chi connectivity index (χ3n) is 5.98. The Labute approximate surface area is 193 Å². The fourth-order valence-electron chi connectivity index (χ4n) is 4.62. The molecule has 1 heterocycles. The maximum Gasteiger partial charge on any atom is 0.410 e. The standard InChI is InChI=1S/C26H37NO4Si/c1-25(2,3)30-24(29)27-18-21(17-20(27)19-28)31-32(26(4,5)6,22-13-9-7-10-14-22)23-15-11-8-12-16-23/h7-16,20-21,28H,17-19H2,1-6H3/t20-,21-/m0/s1. The minimum atomic E-state index is -2.73. The number of aliphatic hydroxyl groups excluding tert-OH is 1. The normalized spacial score (nSPS) is 19.8. The number of rotatable bonds is 5. The topological polar surface area (TPSA) is 59.0 Å². The molecule has 0 bridgehead atoms. The van der Waals surface area contributed by atoms with Crippen LogP contribution in [0.2, 0.25) is 5.04 Å². The molecular weight excluding hydrogens is 418 g/mol. The molecule has 2 aromatic rings. The predicted molar refractivity (Wildman–Crippen MR) is 131 cm³/mol. The number of amides is 1. The van der Waals surface area contributed by atoms with Crippen LogP contribution >= 0.6 is 0 Å². The molecule has 0 radical (unpaired) electrons. The third-order valence-corrected chi connectivity index (χ3v) is 11.1. The number of nitrogens with zero attached hydrogens (tertiary/aromatic N) is 1. The number of likely N-dealkylation sites (tertiary alicyclic amines) is 1. The highest BCUT2D eigenvalue weighted by Gasteiger charge is 2.53. The molecule has 5 nitrogen and oxygen atoms in total. The average Bonchev–Trinajstić information content (AvgIpc) is 3.14. The summed E-state index contributed by atoms with van der Waals surface area (Å²) in [4.78, 5) is 14.5. The molecule has 0 saturated carbocycles. The van der Waals surface area contributed by atoms with Crippen molar-refractivity contribution in [2.45, 2.75) is 70.7 Å². The van der Waals surface area contributed by atoms with Crippen LogP contribution in [0.3, 0.4) is 0 Å². The summed E-state index contributed by atoms with van der Waals surface area (Å²) in [6, 6.07) is 20.6. The van der Waals surface area contributed by atoms with Crippen molar-refractivity contribution in [3.05, 3.63) is 60.7 Å².